The van der Waals surface area contributed by atoms with Gasteiger partial charge in [-0.2, -0.15) is 0 Å². The smallest absolute Gasteiger partial charge is 0.302 e. The number of hydrogen-bond acceptors (Lipinski definition) is 12. The molecule has 314 valence electrons. The average Bonchev–Trinajstić information content (AvgIpc) is 3.45. The zero-order chi connectivity index (χ0) is 42.2. The fraction of sp³-hybridized carbons (Fsp3) is 0.578. The molecule has 7 atom stereocenters. The lowest BCUT2D eigenvalue weighted by atomic mass is 9.80. The van der Waals surface area contributed by atoms with Gasteiger partial charge in [-0.3, -0.25) is 24.2 Å². The van der Waals surface area contributed by atoms with E-state index in [9.17, 15) is 29.4 Å². The molecule has 1 aliphatic carbocycles. The van der Waals surface area contributed by atoms with Crippen LogP contribution in [-0.2, 0) is 19.1 Å². The molecule has 0 radical (unpaired) electrons. The highest BCUT2D eigenvalue weighted by molar-refractivity contribution is 6.33. The number of carbonyl (C=O) groups excluding carboxylic acids is 4. The molecular weight excluding hydrogens is 741 g/mol. The van der Waals surface area contributed by atoms with Gasteiger partial charge in [0.2, 0.25) is 12.1 Å². The molecule has 6 heterocycles. The number of carbonyl (C=O) groups is 4. The van der Waals surface area contributed by atoms with E-state index < -0.39 is 59.8 Å². The number of aliphatic hydroxyl groups excluding tert-OH is 2. The maximum Gasteiger partial charge on any atom is 0.302 e. The SMILES string of the molecule is CC(=O)OC1[C@H](C)C/C=C/O[C@@H]2CC(=O)c3c(c(C)cc4c3C3=NC5(CCN(CC(C)C)CC5)N(C)C3=C(NC(=O)/C(C)=C/C=C/C[C@H](O)[C@@H](C)[C@@H](O)[C@H]1C)C4=O)O2. The standard InChI is InChI=1S/C45H60N4O9/c1-24(2)23-49-18-16-45(17-19-49)47-37-35-31-21-27(5)43-36(35)33(52)22-34(58-43)56-20-12-14-25(3)42(57-30(8)50)29(7)40(53)28(6)32(51)15-11-10-13-26(4)44(55)46-38(41(31)54)39(37)48(45)9/h10-13,20-21,24-25,28-29,32,34,40,42,51,53H,14-19,22-23H2,1-9H3,(H,46,55)/b11-10+,20-12+,26-13+/t25-,28-,29-,32+,34+,40-,42?/m1/s1. The van der Waals surface area contributed by atoms with Crippen LogP contribution in [-0.4, -0.2) is 106 Å². The van der Waals surface area contributed by atoms with Crippen LogP contribution in [0.2, 0.25) is 0 Å². The minimum atomic E-state index is -1.00. The van der Waals surface area contributed by atoms with E-state index in [1.54, 1.807) is 58.1 Å². The van der Waals surface area contributed by atoms with E-state index in [0.29, 0.717) is 59.0 Å². The van der Waals surface area contributed by atoms with E-state index in [1.807, 2.05) is 18.9 Å². The van der Waals surface area contributed by atoms with Gasteiger partial charge >= 0.3 is 5.97 Å². The van der Waals surface area contributed by atoms with Gasteiger partial charge < -0.3 is 39.5 Å². The van der Waals surface area contributed by atoms with Gasteiger partial charge in [-0.05, 0) is 56.2 Å². The van der Waals surface area contributed by atoms with Gasteiger partial charge in [0.15, 0.2) is 5.78 Å². The highest BCUT2D eigenvalue weighted by Gasteiger charge is 2.51. The number of amides is 1. The fourth-order valence-electron chi connectivity index (χ4n) is 9.04. The second-order valence-corrected chi connectivity index (χ2v) is 17.3. The first kappa shape index (κ1) is 43.0. The summed E-state index contributed by atoms with van der Waals surface area (Å²) in [4.78, 5) is 64.7. The Bertz CT molecular complexity index is 1970. The van der Waals surface area contributed by atoms with Crippen molar-refractivity contribution in [2.75, 3.05) is 26.7 Å². The van der Waals surface area contributed by atoms with E-state index in [4.69, 9.17) is 19.2 Å². The maximum atomic E-state index is 14.7. The fourth-order valence-corrected chi connectivity index (χ4v) is 9.04. The van der Waals surface area contributed by atoms with Crippen molar-refractivity contribution in [2.24, 2.45) is 28.7 Å². The van der Waals surface area contributed by atoms with Crippen LogP contribution in [0.5, 0.6) is 5.75 Å². The van der Waals surface area contributed by atoms with Crippen molar-refractivity contribution in [1.29, 1.82) is 0 Å². The Morgan fingerprint density at radius 2 is 1.76 bits per heavy atom. The van der Waals surface area contributed by atoms with Crippen molar-refractivity contribution in [3.05, 3.63) is 75.9 Å². The number of ether oxygens (including phenoxy) is 3. The number of likely N-dealkylation sites (tertiary alicyclic amines) is 1. The van der Waals surface area contributed by atoms with Crippen LogP contribution in [0.15, 0.2) is 58.6 Å². The van der Waals surface area contributed by atoms with Gasteiger partial charge in [0.05, 0.1) is 41.9 Å². The van der Waals surface area contributed by atoms with Crippen molar-refractivity contribution >= 4 is 29.2 Å². The van der Waals surface area contributed by atoms with Gasteiger partial charge in [-0.1, -0.05) is 52.8 Å². The summed E-state index contributed by atoms with van der Waals surface area (Å²) in [6.07, 6.45) is 6.58. The molecule has 1 aromatic rings. The van der Waals surface area contributed by atoms with Crippen molar-refractivity contribution in [3.63, 3.8) is 0 Å². The monoisotopic (exact) mass is 800 g/mol. The summed E-state index contributed by atoms with van der Waals surface area (Å²) in [5.41, 5.74) is 2.24. The molecule has 0 aromatic heterocycles. The van der Waals surface area contributed by atoms with Crippen molar-refractivity contribution in [1.82, 2.24) is 15.1 Å². The third-order valence-corrected chi connectivity index (χ3v) is 12.4. The number of aliphatic imine (C=N–C) groups is 1. The first-order valence-corrected chi connectivity index (χ1v) is 20.7. The maximum absolute atomic E-state index is 14.7. The van der Waals surface area contributed by atoms with E-state index in [-0.39, 0.29) is 41.4 Å². The summed E-state index contributed by atoms with van der Waals surface area (Å²) in [7, 11) is 1.91. The van der Waals surface area contributed by atoms with E-state index >= 15 is 0 Å². The van der Waals surface area contributed by atoms with Crippen LogP contribution in [0.3, 0.4) is 0 Å². The lowest BCUT2D eigenvalue weighted by Crippen LogP contribution is -2.51. The molecule has 1 unspecified atom stereocenters. The number of piperidine rings is 1. The number of Topliss-reactive ketones (excluding diaryl/α,β-unsaturated/α-hetero) is 2. The van der Waals surface area contributed by atoms with Crippen LogP contribution < -0.4 is 10.1 Å². The van der Waals surface area contributed by atoms with Crippen molar-refractivity contribution in [3.8, 4) is 5.75 Å². The van der Waals surface area contributed by atoms with Crippen LogP contribution in [0.4, 0.5) is 0 Å². The highest BCUT2D eigenvalue weighted by Crippen LogP contribution is 2.47. The molecule has 6 aliphatic heterocycles. The van der Waals surface area contributed by atoms with E-state index in [0.717, 1.165) is 19.6 Å². The molecular formula is C45H60N4O9. The van der Waals surface area contributed by atoms with E-state index in [2.05, 4.69) is 24.1 Å². The Balaban J connectivity index is 1.42. The average molecular weight is 801 g/mol. The first-order chi connectivity index (χ1) is 27.4. The molecule has 13 nitrogen and oxygen atoms in total. The topological polar surface area (TPSA) is 167 Å². The lowest BCUT2D eigenvalue weighted by Gasteiger charge is -2.43. The predicted molar refractivity (Wildman–Crippen MR) is 219 cm³/mol. The Kier molecular flexibility index (Phi) is 12.8. The second-order valence-electron chi connectivity index (χ2n) is 17.3. The number of likely N-dealkylation sites (N-methyl/N-ethyl adjacent to an activating group) is 1. The largest absolute Gasteiger partial charge is 0.462 e. The zero-order valence-corrected chi connectivity index (χ0v) is 35.3. The summed E-state index contributed by atoms with van der Waals surface area (Å²) in [5.74, 6) is -2.14. The number of aryl methyl sites for hydroxylation is 1. The molecule has 8 rings (SSSR count). The minimum absolute atomic E-state index is 0.103. The van der Waals surface area contributed by atoms with Gasteiger partial charge in [0, 0.05) is 75.0 Å². The number of aliphatic hydroxyl groups is 2. The lowest BCUT2D eigenvalue weighted by molar-refractivity contribution is -0.156. The molecule has 7 aliphatic rings. The Morgan fingerprint density at radius 1 is 1.05 bits per heavy atom. The predicted octanol–water partition coefficient (Wildman–Crippen LogP) is 5.38. The Hall–Kier alpha value is -4.59. The molecule has 1 amide bonds. The van der Waals surface area contributed by atoms with Gasteiger partial charge in [0.1, 0.15) is 23.2 Å². The zero-order valence-electron chi connectivity index (χ0n) is 35.3. The van der Waals surface area contributed by atoms with Crippen LogP contribution in [0.1, 0.15) is 112 Å². The molecule has 1 spiro atoms. The van der Waals surface area contributed by atoms with Crippen LogP contribution in [0, 0.1) is 30.6 Å². The van der Waals surface area contributed by atoms with E-state index in [1.165, 1.54) is 13.2 Å². The molecule has 1 fully saturated rings. The molecule has 0 saturated carbocycles. The van der Waals surface area contributed by atoms with Gasteiger partial charge in [-0.15, -0.1) is 0 Å². The summed E-state index contributed by atoms with van der Waals surface area (Å²) in [5, 5.41) is 25.3. The van der Waals surface area contributed by atoms with Gasteiger partial charge in [0.25, 0.3) is 5.91 Å². The number of allylic oxidation sites excluding steroid dienone is 5. The third kappa shape index (κ3) is 8.44. The normalized spacial score (nSPS) is 31.5. The minimum Gasteiger partial charge on any atom is -0.462 e. The molecule has 3 N–H and O–H groups in total. The second kappa shape index (κ2) is 17.3. The van der Waals surface area contributed by atoms with Crippen molar-refractivity contribution in [2.45, 2.75) is 118 Å². The number of ketones is 2. The summed E-state index contributed by atoms with van der Waals surface area (Å²) in [6, 6.07) is 1.70. The number of rotatable bonds is 3. The van der Waals surface area contributed by atoms with Crippen LogP contribution in [0.25, 0.3) is 0 Å². The first-order valence-electron chi connectivity index (χ1n) is 20.7. The number of benzene rings is 1. The molecule has 1 saturated heterocycles. The number of nitrogens with one attached hydrogen (secondary N) is 1. The highest BCUT2D eigenvalue weighted by atomic mass is 16.7. The Labute approximate surface area is 341 Å². The van der Waals surface area contributed by atoms with Crippen molar-refractivity contribution < 1.29 is 43.6 Å². The molecule has 6 bridgehead atoms. The molecule has 13 heteroatoms. The number of hydrogen-bond donors (Lipinski definition) is 3. The number of nitrogens with zero attached hydrogens (tertiary/aromatic N) is 3. The number of esters is 1. The third-order valence-electron chi connectivity index (χ3n) is 12.4. The summed E-state index contributed by atoms with van der Waals surface area (Å²) >= 11 is 0. The van der Waals surface area contributed by atoms with Crippen LogP contribution >= 0.6 is 0 Å². The quantitative estimate of drug-likeness (QED) is 0.336. The Morgan fingerprint density at radius 3 is 2.43 bits per heavy atom. The summed E-state index contributed by atoms with van der Waals surface area (Å²) in [6.45, 7) is 17.2. The summed E-state index contributed by atoms with van der Waals surface area (Å²) < 4.78 is 18.1. The molecule has 58 heavy (non-hydrogen) atoms. The molecule has 1 aromatic carbocycles. The van der Waals surface area contributed by atoms with Gasteiger partial charge in [-0.25, -0.2) is 0 Å².